The molecule has 2 fully saturated rings. The van der Waals surface area contributed by atoms with E-state index in [4.69, 9.17) is 0 Å². The molecule has 0 bridgehead atoms. The van der Waals surface area contributed by atoms with Gasteiger partial charge in [-0.2, -0.15) is 0 Å². The number of nitrogens with zero attached hydrogens (tertiary/aromatic N) is 3. The minimum atomic E-state index is -0.201. The Labute approximate surface area is 183 Å². The van der Waals surface area contributed by atoms with Crippen LogP contribution < -0.4 is 0 Å². The molecule has 2 unspecified atom stereocenters. The van der Waals surface area contributed by atoms with E-state index in [-0.39, 0.29) is 29.5 Å². The summed E-state index contributed by atoms with van der Waals surface area (Å²) in [4.78, 5) is 30.9. The first-order valence-electron chi connectivity index (χ1n) is 11.1. The van der Waals surface area contributed by atoms with Crippen molar-refractivity contribution in [2.24, 2.45) is 5.92 Å². The van der Waals surface area contributed by atoms with Crippen molar-refractivity contribution in [1.29, 1.82) is 0 Å². The SMILES string of the molecule is CC(=O)N1CCN(C(=O)C2CC(c3ccccc3)CN(Cc3ccccc3F)C2)CC1. The Balaban J connectivity index is 1.50. The van der Waals surface area contributed by atoms with E-state index >= 15 is 0 Å². The van der Waals surface area contributed by atoms with Gasteiger partial charge in [-0.05, 0) is 24.0 Å². The van der Waals surface area contributed by atoms with E-state index < -0.39 is 0 Å². The summed E-state index contributed by atoms with van der Waals surface area (Å²) in [5.74, 6) is 0.115. The van der Waals surface area contributed by atoms with Gasteiger partial charge in [-0.25, -0.2) is 4.39 Å². The Morgan fingerprint density at radius 3 is 2.23 bits per heavy atom. The first kappa shape index (κ1) is 21.5. The lowest BCUT2D eigenvalue weighted by molar-refractivity contribution is -0.143. The van der Waals surface area contributed by atoms with Crippen molar-refractivity contribution in [2.45, 2.75) is 25.8 Å². The third-order valence-electron chi connectivity index (χ3n) is 6.53. The molecular formula is C25H30FN3O2. The van der Waals surface area contributed by atoms with Crippen molar-refractivity contribution in [3.63, 3.8) is 0 Å². The molecule has 0 aliphatic carbocycles. The summed E-state index contributed by atoms with van der Waals surface area (Å²) < 4.78 is 14.3. The van der Waals surface area contributed by atoms with E-state index in [2.05, 4.69) is 17.0 Å². The van der Waals surface area contributed by atoms with Gasteiger partial charge < -0.3 is 9.80 Å². The Bertz CT molecular complexity index is 912. The summed E-state index contributed by atoms with van der Waals surface area (Å²) in [6.45, 7) is 5.85. The standard InChI is InChI=1S/C25H30FN3O2/c1-19(30)28-11-13-29(14-12-28)25(31)23-15-22(20-7-3-2-4-8-20)17-27(18-23)16-21-9-5-6-10-24(21)26/h2-10,22-23H,11-18H2,1H3. The van der Waals surface area contributed by atoms with Gasteiger partial charge in [0.2, 0.25) is 11.8 Å². The largest absolute Gasteiger partial charge is 0.339 e. The maximum absolute atomic E-state index is 14.3. The van der Waals surface area contributed by atoms with Gasteiger partial charge in [0, 0.05) is 58.3 Å². The average Bonchev–Trinajstić information content (AvgIpc) is 2.80. The second kappa shape index (κ2) is 9.60. The molecule has 2 aliphatic heterocycles. The summed E-state index contributed by atoms with van der Waals surface area (Å²) in [6.07, 6.45) is 0.795. The number of benzene rings is 2. The van der Waals surface area contributed by atoms with E-state index in [1.165, 1.54) is 11.6 Å². The number of likely N-dealkylation sites (tertiary alicyclic amines) is 1. The summed E-state index contributed by atoms with van der Waals surface area (Å²) in [5.41, 5.74) is 1.89. The summed E-state index contributed by atoms with van der Waals surface area (Å²) >= 11 is 0. The molecule has 2 aromatic carbocycles. The average molecular weight is 424 g/mol. The highest BCUT2D eigenvalue weighted by Gasteiger charge is 2.35. The maximum atomic E-state index is 14.3. The van der Waals surface area contributed by atoms with E-state index in [1.807, 2.05) is 35.2 Å². The van der Waals surface area contributed by atoms with Crippen LogP contribution in [0.2, 0.25) is 0 Å². The van der Waals surface area contributed by atoms with E-state index in [1.54, 1.807) is 17.9 Å². The maximum Gasteiger partial charge on any atom is 0.227 e. The van der Waals surface area contributed by atoms with Crippen LogP contribution in [-0.2, 0) is 16.1 Å². The van der Waals surface area contributed by atoms with Crippen LogP contribution in [0.5, 0.6) is 0 Å². The Kier molecular flexibility index (Phi) is 6.66. The lowest BCUT2D eigenvalue weighted by Crippen LogP contribution is -2.53. The molecule has 2 atom stereocenters. The second-order valence-electron chi connectivity index (χ2n) is 8.66. The molecule has 0 saturated carbocycles. The normalized spacial score (nSPS) is 22.4. The topological polar surface area (TPSA) is 43.9 Å². The van der Waals surface area contributed by atoms with Crippen molar-refractivity contribution in [2.75, 3.05) is 39.3 Å². The number of hydrogen-bond donors (Lipinski definition) is 0. The summed E-state index contributed by atoms with van der Waals surface area (Å²) in [6, 6.07) is 17.2. The first-order chi connectivity index (χ1) is 15.0. The van der Waals surface area contributed by atoms with Gasteiger partial charge in [-0.3, -0.25) is 14.5 Å². The van der Waals surface area contributed by atoms with Gasteiger partial charge >= 0.3 is 0 Å². The Morgan fingerprint density at radius 1 is 0.903 bits per heavy atom. The van der Waals surface area contributed by atoms with Crippen LogP contribution in [0, 0.1) is 11.7 Å². The number of rotatable bonds is 4. The predicted octanol–water partition coefficient (Wildman–Crippen LogP) is 3.12. The van der Waals surface area contributed by atoms with Gasteiger partial charge in [0.05, 0.1) is 5.92 Å². The molecule has 0 radical (unpaired) electrons. The van der Waals surface area contributed by atoms with Crippen molar-refractivity contribution in [3.8, 4) is 0 Å². The van der Waals surface area contributed by atoms with E-state index in [0.29, 0.717) is 44.8 Å². The first-order valence-corrected chi connectivity index (χ1v) is 11.1. The molecule has 2 aromatic rings. The van der Waals surface area contributed by atoms with Crippen LogP contribution in [-0.4, -0.2) is 65.8 Å². The van der Waals surface area contributed by atoms with E-state index in [9.17, 15) is 14.0 Å². The number of carbonyl (C=O) groups excluding carboxylic acids is 2. The smallest absolute Gasteiger partial charge is 0.227 e. The van der Waals surface area contributed by atoms with Crippen LogP contribution >= 0.6 is 0 Å². The van der Waals surface area contributed by atoms with Gasteiger partial charge in [0.15, 0.2) is 0 Å². The monoisotopic (exact) mass is 423 g/mol. The van der Waals surface area contributed by atoms with Crippen LogP contribution in [0.25, 0.3) is 0 Å². The zero-order chi connectivity index (χ0) is 21.8. The minimum Gasteiger partial charge on any atom is -0.339 e. The Hall–Kier alpha value is -2.73. The molecule has 2 heterocycles. The summed E-state index contributed by atoms with van der Waals surface area (Å²) in [7, 11) is 0. The quantitative estimate of drug-likeness (QED) is 0.759. The highest BCUT2D eigenvalue weighted by molar-refractivity contribution is 5.80. The van der Waals surface area contributed by atoms with Crippen LogP contribution in [0.4, 0.5) is 4.39 Å². The molecule has 31 heavy (non-hydrogen) atoms. The molecular weight excluding hydrogens is 393 g/mol. The van der Waals surface area contributed by atoms with Crippen molar-refractivity contribution < 1.29 is 14.0 Å². The highest BCUT2D eigenvalue weighted by Crippen LogP contribution is 2.32. The van der Waals surface area contributed by atoms with Crippen LogP contribution in [0.15, 0.2) is 54.6 Å². The molecule has 4 rings (SSSR count). The zero-order valence-electron chi connectivity index (χ0n) is 18.0. The lowest BCUT2D eigenvalue weighted by Gasteiger charge is -2.41. The summed E-state index contributed by atoms with van der Waals surface area (Å²) in [5, 5.41) is 0. The second-order valence-corrected chi connectivity index (χ2v) is 8.66. The number of hydrogen-bond acceptors (Lipinski definition) is 3. The van der Waals surface area contributed by atoms with Gasteiger partial charge in [0.1, 0.15) is 5.82 Å². The van der Waals surface area contributed by atoms with Crippen molar-refractivity contribution >= 4 is 11.8 Å². The lowest BCUT2D eigenvalue weighted by atomic mass is 9.83. The number of carbonyl (C=O) groups is 2. The fraction of sp³-hybridized carbons (Fsp3) is 0.440. The van der Waals surface area contributed by atoms with Crippen molar-refractivity contribution in [1.82, 2.24) is 14.7 Å². The highest BCUT2D eigenvalue weighted by atomic mass is 19.1. The third kappa shape index (κ3) is 5.13. The molecule has 0 spiro atoms. The number of halogens is 1. The predicted molar refractivity (Wildman–Crippen MR) is 118 cm³/mol. The molecule has 6 heteroatoms. The molecule has 2 aliphatic rings. The minimum absolute atomic E-state index is 0.0602. The molecule has 5 nitrogen and oxygen atoms in total. The van der Waals surface area contributed by atoms with Crippen LogP contribution in [0.1, 0.15) is 30.4 Å². The fourth-order valence-electron chi connectivity index (χ4n) is 4.83. The zero-order valence-corrected chi connectivity index (χ0v) is 18.0. The fourth-order valence-corrected chi connectivity index (χ4v) is 4.83. The molecule has 164 valence electrons. The number of amides is 2. The molecule has 2 amide bonds. The van der Waals surface area contributed by atoms with Gasteiger partial charge in [-0.15, -0.1) is 0 Å². The van der Waals surface area contributed by atoms with E-state index in [0.717, 1.165) is 13.0 Å². The molecule has 2 saturated heterocycles. The number of piperidine rings is 1. The van der Waals surface area contributed by atoms with Gasteiger partial charge in [0.25, 0.3) is 0 Å². The van der Waals surface area contributed by atoms with Gasteiger partial charge in [-0.1, -0.05) is 48.5 Å². The molecule has 0 aromatic heterocycles. The van der Waals surface area contributed by atoms with Crippen LogP contribution in [0.3, 0.4) is 0 Å². The third-order valence-corrected chi connectivity index (χ3v) is 6.53. The Morgan fingerprint density at radius 2 is 1.55 bits per heavy atom. The van der Waals surface area contributed by atoms with Crippen molar-refractivity contribution in [3.05, 3.63) is 71.5 Å². The number of piperazine rings is 1. The molecule has 0 N–H and O–H groups in total.